The Balaban J connectivity index is 0.00000115. The average Bonchev–Trinajstić information content (AvgIpc) is 2.52. The third-order valence-electron chi connectivity index (χ3n) is 4.39. The van der Waals surface area contributed by atoms with E-state index in [2.05, 4.69) is 72.8 Å². The zero-order valence-electron chi connectivity index (χ0n) is 11.3. The van der Waals surface area contributed by atoms with Gasteiger partial charge in [-0.2, -0.15) is 0 Å². The van der Waals surface area contributed by atoms with E-state index < -0.39 is 0 Å². The Morgan fingerprint density at radius 1 is 0.381 bits per heavy atom. The summed E-state index contributed by atoms with van der Waals surface area (Å²) in [7, 11) is 0. The van der Waals surface area contributed by atoms with Crippen LogP contribution >= 0.6 is 17.0 Å². The molecule has 0 fully saturated rings. The number of hydrogen-bond donors (Lipinski definition) is 0. The maximum Gasteiger partial charge on any atom is -0.00264 e. The summed E-state index contributed by atoms with van der Waals surface area (Å²) < 4.78 is 0. The fraction of sp³-hybridized carbons (Fsp3) is 0. The van der Waals surface area contributed by atoms with Gasteiger partial charge in [0.2, 0.25) is 0 Å². The van der Waals surface area contributed by atoms with Gasteiger partial charge in [0, 0.05) is 0 Å². The normalized spacial score (nSPS) is 11.4. The van der Waals surface area contributed by atoms with Crippen LogP contribution in [0.25, 0.3) is 43.1 Å². The molecule has 0 aliphatic rings. The van der Waals surface area contributed by atoms with E-state index in [0.717, 1.165) is 0 Å². The first kappa shape index (κ1) is 12.6. The van der Waals surface area contributed by atoms with Gasteiger partial charge in [-0.05, 0) is 43.1 Å². The molecule has 100 valence electrons. The molecule has 0 unspecified atom stereocenters. The van der Waals surface area contributed by atoms with Gasteiger partial charge in [0.25, 0.3) is 0 Å². The Morgan fingerprint density at radius 2 is 0.667 bits per heavy atom. The first-order valence-electron chi connectivity index (χ1n) is 6.98. The van der Waals surface area contributed by atoms with Gasteiger partial charge in [-0.3, -0.25) is 0 Å². The number of benzene rings is 5. The molecule has 5 aromatic carbocycles. The molecule has 0 spiro atoms. The highest BCUT2D eigenvalue weighted by Gasteiger charge is 2.11. The number of halogens is 1. The van der Waals surface area contributed by atoms with Crippen LogP contribution in [0.5, 0.6) is 0 Å². The zero-order chi connectivity index (χ0) is 13.1. The summed E-state index contributed by atoms with van der Waals surface area (Å²) in [6, 6.07) is 26.4. The Bertz CT molecular complexity index is 923. The van der Waals surface area contributed by atoms with E-state index in [1.807, 2.05) is 0 Å². The lowest BCUT2D eigenvalue weighted by atomic mass is 9.90. The van der Waals surface area contributed by atoms with E-state index >= 15 is 0 Å². The van der Waals surface area contributed by atoms with Crippen molar-refractivity contribution in [1.29, 1.82) is 0 Å². The van der Waals surface area contributed by atoms with Crippen LogP contribution in [0.4, 0.5) is 0 Å². The molecule has 21 heavy (non-hydrogen) atoms. The van der Waals surface area contributed by atoms with Crippen molar-refractivity contribution >= 4 is 60.1 Å². The SMILES string of the molecule is Br.c1cc2cccc3c4cccc5cccc(c(c1)c23)c54. The van der Waals surface area contributed by atoms with E-state index in [-0.39, 0.29) is 17.0 Å². The lowest BCUT2D eigenvalue weighted by molar-refractivity contribution is 1.78. The molecule has 0 aliphatic carbocycles. The van der Waals surface area contributed by atoms with Crippen LogP contribution in [-0.4, -0.2) is 0 Å². The Kier molecular flexibility index (Phi) is 2.66. The number of rotatable bonds is 0. The summed E-state index contributed by atoms with van der Waals surface area (Å²) in [5.74, 6) is 0. The molecule has 0 N–H and O–H groups in total. The first-order chi connectivity index (χ1) is 9.93. The summed E-state index contributed by atoms with van der Waals surface area (Å²) in [5, 5.41) is 10.9. The highest BCUT2D eigenvalue weighted by molar-refractivity contribution is 8.93. The van der Waals surface area contributed by atoms with Crippen molar-refractivity contribution in [2.75, 3.05) is 0 Å². The van der Waals surface area contributed by atoms with Crippen LogP contribution in [-0.2, 0) is 0 Å². The first-order valence-corrected chi connectivity index (χ1v) is 6.98. The highest BCUT2D eigenvalue weighted by Crippen LogP contribution is 2.39. The Hall–Kier alpha value is -2.12. The molecule has 0 aliphatic heterocycles. The monoisotopic (exact) mass is 332 g/mol. The highest BCUT2D eigenvalue weighted by atomic mass is 79.9. The molecular formula is C20H13Br. The van der Waals surface area contributed by atoms with Gasteiger partial charge < -0.3 is 0 Å². The Labute approximate surface area is 133 Å². The van der Waals surface area contributed by atoms with Crippen molar-refractivity contribution in [1.82, 2.24) is 0 Å². The maximum absolute atomic E-state index is 2.25. The second kappa shape index (κ2) is 4.44. The smallest absolute Gasteiger partial charge is 0.00264 e. The predicted octanol–water partition coefficient (Wildman–Crippen LogP) is 6.32. The molecule has 0 saturated heterocycles. The van der Waals surface area contributed by atoms with E-state index in [1.165, 1.54) is 43.1 Å². The van der Waals surface area contributed by atoms with Crippen molar-refractivity contribution in [3.63, 3.8) is 0 Å². The summed E-state index contributed by atoms with van der Waals surface area (Å²) in [4.78, 5) is 0. The van der Waals surface area contributed by atoms with Crippen molar-refractivity contribution < 1.29 is 0 Å². The molecular weight excluding hydrogens is 320 g/mol. The molecule has 0 saturated carbocycles. The molecule has 0 nitrogen and oxygen atoms in total. The Morgan fingerprint density at radius 3 is 0.952 bits per heavy atom. The predicted molar refractivity (Wildman–Crippen MR) is 98.0 cm³/mol. The third kappa shape index (κ3) is 1.55. The zero-order valence-corrected chi connectivity index (χ0v) is 13.0. The van der Waals surface area contributed by atoms with Gasteiger partial charge >= 0.3 is 0 Å². The van der Waals surface area contributed by atoms with Gasteiger partial charge in [-0.15, -0.1) is 17.0 Å². The lowest BCUT2D eigenvalue weighted by Gasteiger charge is -2.13. The van der Waals surface area contributed by atoms with E-state index in [0.29, 0.717) is 0 Å². The minimum absolute atomic E-state index is 0. The van der Waals surface area contributed by atoms with Crippen molar-refractivity contribution in [3.8, 4) is 0 Å². The van der Waals surface area contributed by atoms with Gasteiger partial charge in [0.1, 0.15) is 0 Å². The topological polar surface area (TPSA) is 0 Å². The van der Waals surface area contributed by atoms with Gasteiger partial charge in [-0.1, -0.05) is 72.8 Å². The summed E-state index contributed by atoms with van der Waals surface area (Å²) in [6.45, 7) is 0. The van der Waals surface area contributed by atoms with Gasteiger partial charge in [0.05, 0.1) is 0 Å². The molecule has 0 amide bonds. The van der Waals surface area contributed by atoms with Crippen LogP contribution in [0.2, 0.25) is 0 Å². The van der Waals surface area contributed by atoms with E-state index in [9.17, 15) is 0 Å². The van der Waals surface area contributed by atoms with E-state index in [1.54, 1.807) is 0 Å². The third-order valence-corrected chi connectivity index (χ3v) is 4.39. The molecule has 0 bridgehead atoms. The molecule has 0 radical (unpaired) electrons. The summed E-state index contributed by atoms with van der Waals surface area (Å²) >= 11 is 0. The average molecular weight is 333 g/mol. The van der Waals surface area contributed by atoms with Gasteiger partial charge in [-0.25, -0.2) is 0 Å². The van der Waals surface area contributed by atoms with Crippen LogP contribution < -0.4 is 0 Å². The van der Waals surface area contributed by atoms with Crippen LogP contribution in [0.1, 0.15) is 0 Å². The van der Waals surface area contributed by atoms with Gasteiger partial charge in [0.15, 0.2) is 0 Å². The largest absolute Gasteiger partial charge is 0.114 e. The molecule has 0 atom stereocenters. The molecule has 5 rings (SSSR count). The number of fused-ring (bicyclic) bond motifs is 2. The van der Waals surface area contributed by atoms with Crippen LogP contribution in [0, 0.1) is 0 Å². The van der Waals surface area contributed by atoms with Crippen LogP contribution in [0.3, 0.4) is 0 Å². The molecule has 0 heterocycles. The minimum Gasteiger partial charge on any atom is -0.114 e. The quantitative estimate of drug-likeness (QED) is 0.230. The van der Waals surface area contributed by atoms with E-state index in [4.69, 9.17) is 0 Å². The van der Waals surface area contributed by atoms with Crippen molar-refractivity contribution in [2.24, 2.45) is 0 Å². The minimum atomic E-state index is 0. The lowest BCUT2D eigenvalue weighted by Crippen LogP contribution is -1.85. The maximum atomic E-state index is 2.25. The summed E-state index contributed by atoms with van der Waals surface area (Å²) in [6.07, 6.45) is 0. The van der Waals surface area contributed by atoms with Crippen molar-refractivity contribution in [3.05, 3.63) is 72.8 Å². The summed E-state index contributed by atoms with van der Waals surface area (Å²) in [5.41, 5.74) is 0. The second-order valence-electron chi connectivity index (χ2n) is 5.42. The fourth-order valence-electron chi connectivity index (χ4n) is 3.58. The molecule has 0 aromatic heterocycles. The fourth-order valence-corrected chi connectivity index (χ4v) is 3.58. The standard InChI is InChI=1S/C20H12.BrH/c1-5-13-6-2-11-17-18-12-4-8-14-7-3-10-16(20(14)18)15(9-1)19(13)17;/h1-12H;1H. The van der Waals surface area contributed by atoms with Crippen LogP contribution in [0.15, 0.2) is 72.8 Å². The molecule has 5 aromatic rings. The number of hydrogen-bond acceptors (Lipinski definition) is 0. The van der Waals surface area contributed by atoms with Crippen molar-refractivity contribution in [2.45, 2.75) is 0 Å². The second-order valence-corrected chi connectivity index (χ2v) is 5.42. The molecule has 1 heteroatoms.